The minimum Gasteiger partial charge on any atom is -0.465 e. The first-order chi connectivity index (χ1) is 17.2. The fourth-order valence-corrected chi connectivity index (χ4v) is 2.29. The number of halogens is 5. The van der Waals surface area contributed by atoms with Crippen molar-refractivity contribution in [2.75, 3.05) is 13.2 Å². The summed E-state index contributed by atoms with van der Waals surface area (Å²) < 4.78 is 20.5. The molecule has 0 saturated heterocycles. The van der Waals surface area contributed by atoms with Gasteiger partial charge in [0.1, 0.15) is 36.6 Å². The van der Waals surface area contributed by atoms with Crippen LogP contribution in [0, 0.1) is 22.7 Å². The minimum atomic E-state index is -3.22. The van der Waals surface area contributed by atoms with Gasteiger partial charge in [0.2, 0.25) is 0 Å². The molecule has 0 spiro atoms. The van der Waals surface area contributed by atoms with Crippen LogP contribution in [0.4, 0.5) is 0 Å². The number of esters is 2. The Morgan fingerprint density at radius 1 is 0.974 bits per heavy atom. The van der Waals surface area contributed by atoms with Crippen molar-refractivity contribution in [1.82, 2.24) is 25.3 Å². The van der Waals surface area contributed by atoms with Crippen LogP contribution in [0.3, 0.4) is 0 Å². The predicted molar refractivity (Wildman–Crippen MR) is 145 cm³/mol. The number of carbonyl (C=O) groups excluding carboxylic acids is 2. The van der Waals surface area contributed by atoms with Gasteiger partial charge in [0.15, 0.2) is 5.15 Å². The highest BCUT2D eigenvalue weighted by atomic mass is 36.0. The van der Waals surface area contributed by atoms with Gasteiger partial charge in [-0.25, -0.2) is 4.98 Å². The molecular weight excluding hydrogens is 650 g/mol. The topological polar surface area (TPSA) is 242 Å². The van der Waals surface area contributed by atoms with E-state index in [0.717, 1.165) is 21.5 Å². The van der Waals surface area contributed by atoms with E-state index in [1.165, 1.54) is 0 Å². The summed E-state index contributed by atoms with van der Waals surface area (Å²) in [4.78, 5) is 61.8. The number of nitrogens with zero attached hydrogens (tertiary/aromatic N) is 5. The zero-order valence-electron chi connectivity index (χ0n) is 20.1. The molecule has 0 saturated carbocycles. The predicted octanol–water partition coefficient (Wildman–Crippen LogP) is 2.70. The number of aromatic amines is 1. The largest absolute Gasteiger partial charge is 0.465 e. The standard InChI is InChI=1S/C9H8ClN3O3.C9H9N3O4.Cl3OP.ClH.H3N/c1-2-16-7(14)5-13-6(3-11)4-12-8(10)9(13)15;1-2-16-7(13)5-12-6(3-10)4-11-8(14)9(12)15;1-5(2,3)4;;/h4H,2,5H2,1H3;4H,2,5H2,1H3,(H,11,14);;1H;1H3. The maximum absolute atomic E-state index is 11.5. The first-order valence-electron chi connectivity index (χ1n) is 9.58. The molecule has 0 atom stereocenters. The second kappa shape index (κ2) is 20.1. The smallest absolute Gasteiger partial charge is 0.339 e. The van der Waals surface area contributed by atoms with Gasteiger partial charge in [-0.05, 0) is 47.6 Å². The third kappa shape index (κ3) is 16.0. The second-order valence-corrected chi connectivity index (χ2v) is 12.9. The Balaban J connectivity index is -0.000000543. The summed E-state index contributed by atoms with van der Waals surface area (Å²) in [7, 11) is 0. The van der Waals surface area contributed by atoms with Crippen LogP contribution in [0.2, 0.25) is 5.15 Å². The highest BCUT2D eigenvalue weighted by Crippen LogP contribution is 2.61. The van der Waals surface area contributed by atoms with Crippen LogP contribution in [0.15, 0.2) is 26.8 Å². The van der Waals surface area contributed by atoms with Crippen LogP contribution in [-0.4, -0.2) is 44.3 Å². The lowest BCUT2D eigenvalue weighted by molar-refractivity contribution is -0.144. The zero-order valence-corrected chi connectivity index (χ0v) is 24.8. The van der Waals surface area contributed by atoms with Crippen molar-refractivity contribution in [3.8, 4) is 12.1 Å². The molecule has 39 heavy (non-hydrogen) atoms. The molecule has 0 aliphatic carbocycles. The maximum Gasteiger partial charge on any atom is 0.339 e. The average molecular weight is 672 g/mol. The van der Waals surface area contributed by atoms with Crippen LogP contribution in [0.25, 0.3) is 0 Å². The lowest BCUT2D eigenvalue weighted by atomic mass is 10.4. The molecule has 0 aromatic carbocycles. The zero-order chi connectivity index (χ0) is 28.8. The van der Waals surface area contributed by atoms with Crippen molar-refractivity contribution in [3.05, 3.63) is 60.0 Å². The van der Waals surface area contributed by atoms with Gasteiger partial charge in [-0.1, -0.05) is 11.6 Å². The van der Waals surface area contributed by atoms with Gasteiger partial charge in [-0.15, -0.1) is 12.4 Å². The number of nitriles is 2. The van der Waals surface area contributed by atoms with Crippen LogP contribution >= 0.6 is 62.9 Å². The number of ether oxygens (including phenoxy) is 2. The molecule has 2 heterocycles. The number of H-pyrrole nitrogens is 1. The Labute approximate surface area is 245 Å². The van der Waals surface area contributed by atoms with Gasteiger partial charge >= 0.3 is 28.3 Å². The molecule has 2 rings (SSSR count). The first kappa shape index (κ1) is 40.6. The molecule has 2 aromatic rings. The molecule has 2 aromatic heterocycles. The van der Waals surface area contributed by atoms with Crippen molar-refractivity contribution >= 4 is 74.9 Å². The molecule has 216 valence electrons. The number of hydrogen-bond donors (Lipinski definition) is 2. The third-order valence-corrected chi connectivity index (χ3v) is 3.76. The van der Waals surface area contributed by atoms with E-state index >= 15 is 0 Å². The fourth-order valence-electron chi connectivity index (χ4n) is 2.14. The maximum atomic E-state index is 11.5. The Morgan fingerprint density at radius 3 is 1.77 bits per heavy atom. The van der Waals surface area contributed by atoms with E-state index in [4.69, 9.17) is 22.1 Å². The van der Waals surface area contributed by atoms with Crippen molar-refractivity contribution in [3.63, 3.8) is 0 Å². The lowest BCUT2D eigenvalue weighted by Crippen LogP contribution is -2.39. The number of carbonyl (C=O) groups is 2. The summed E-state index contributed by atoms with van der Waals surface area (Å²) >= 11 is 19.3. The van der Waals surface area contributed by atoms with Crippen molar-refractivity contribution < 1.29 is 23.6 Å². The number of rotatable bonds is 6. The summed E-state index contributed by atoms with van der Waals surface area (Å²) in [5.41, 5.74) is -2.66. The lowest BCUT2D eigenvalue weighted by Gasteiger charge is -2.06. The molecule has 0 radical (unpaired) electrons. The molecule has 15 nitrogen and oxygen atoms in total. The van der Waals surface area contributed by atoms with E-state index in [2.05, 4.69) is 53.2 Å². The summed E-state index contributed by atoms with van der Waals surface area (Å²) in [6.45, 7) is 2.83. The van der Waals surface area contributed by atoms with Gasteiger partial charge in [0.05, 0.1) is 19.4 Å². The van der Waals surface area contributed by atoms with E-state index in [-0.39, 0.29) is 54.9 Å². The minimum absolute atomic E-state index is 0. The number of hydrogen-bond acceptors (Lipinski definition) is 12. The molecule has 0 aliphatic heterocycles. The van der Waals surface area contributed by atoms with E-state index < -0.39 is 40.4 Å². The van der Waals surface area contributed by atoms with Gasteiger partial charge in [0.25, 0.3) is 5.56 Å². The van der Waals surface area contributed by atoms with Gasteiger partial charge in [0, 0.05) is 6.20 Å². The van der Waals surface area contributed by atoms with Gasteiger partial charge in [-0.3, -0.25) is 37.7 Å². The Bertz CT molecular complexity index is 1420. The van der Waals surface area contributed by atoms with E-state index in [9.17, 15) is 28.5 Å². The first-order valence-corrected chi connectivity index (χ1v) is 14.4. The fraction of sp³-hybridized carbons (Fsp3) is 0.333. The van der Waals surface area contributed by atoms with Crippen LogP contribution < -0.4 is 22.8 Å². The molecular formula is C18H21Cl5N7O8P. The van der Waals surface area contributed by atoms with Crippen molar-refractivity contribution in [2.45, 2.75) is 26.9 Å². The molecule has 0 unspecified atom stereocenters. The summed E-state index contributed by atoms with van der Waals surface area (Å²) in [6, 6.07) is 3.44. The van der Waals surface area contributed by atoms with E-state index in [1.54, 1.807) is 26.0 Å². The van der Waals surface area contributed by atoms with Gasteiger partial charge in [-0.2, -0.15) is 10.5 Å². The van der Waals surface area contributed by atoms with Gasteiger partial charge < -0.3 is 20.6 Å². The quantitative estimate of drug-likeness (QED) is 0.256. The molecule has 0 fully saturated rings. The summed E-state index contributed by atoms with van der Waals surface area (Å²) in [5, 5.41) is 13.9. The molecule has 21 heteroatoms. The van der Waals surface area contributed by atoms with Crippen LogP contribution in [0.5, 0.6) is 0 Å². The van der Waals surface area contributed by atoms with Crippen LogP contribution in [-0.2, 0) is 36.7 Å². The molecule has 0 aliphatic rings. The van der Waals surface area contributed by atoms with Crippen LogP contribution in [0.1, 0.15) is 25.2 Å². The summed E-state index contributed by atoms with van der Waals surface area (Å²) in [6.07, 6.45) is 2.20. The SMILES string of the molecule is CCOC(=O)Cn1c(C#N)c[nH]c(=O)c1=O.CCOC(=O)Cn1c(C#N)cnc(Cl)c1=O.Cl.N.O=P(Cl)(Cl)Cl. The Kier molecular flexibility index (Phi) is 20.9. The Morgan fingerprint density at radius 2 is 1.38 bits per heavy atom. The Hall–Kier alpha value is -2.88. The number of aromatic nitrogens is 4. The van der Waals surface area contributed by atoms with Crippen molar-refractivity contribution in [1.29, 1.82) is 10.5 Å². The summed E-state index contributed by atoms with van der Waals surface area (Å²) in [5.74, 6) is -1.28. The average Bonchev–Trinajstić information content (AvgIpc) is 2.80. The monoisotopic (exact) mass is 669 g/mol. The highest BCUT2D eigenvalue weighted by molar-refractivity contribution is 8.24. The third-order valence-electron chi connectivity index (χ3n) is 3.50. The molecule has 0 bridgehead atoms. The number of nitrogens with one attached hydrogen (secondary N) is 1. The second-order valence-electron chi connectivity index (χ2n) is 5.95. The van der Waals surface area contributed by atoms with E-state index in [0.29, 0.717) is 0 Å². The molecule has 4 N–H and O–H groups in total. The van der Waals surface area contributed by atoms with Crippen molar-refractivity contribution in [2.24, 2.45) is 0 Å². The molecule has 0 amide bonds. The highest BCUT2D eigenvalue weighted by Gasteiger charge is 2.13. The van der Waals surface area contributed by atoms with E-state index in [1.807, 2.05) is 0 Å². The normalized spacial score (nSPS) is 9.33.